The van der Waals surface area contributed by atoms with Gasteiger partial charge >= 0.3 is 0 Å². The molecule has 1 aromatic carbocycles. The lowest BCUT2D eigenvalue weighted by molar-refractivity contribution is 0.0890. The van der Waals surface area contributed by atoms with Crippen LogP contribution in [-0.4, -0.2) is 45.4 Å². The van der Waals surface area contributed by atoms with E-state index in [4.69, 9.17) is 9.47 Å². The van der Waals surface area contributed by atoms with E-state index in [2.05, 4.69) is 30.9 Å². The first-order valence-corrected chi connectivity index (χ1v) is 6.55. The summed E-state index contributed by atoms with van der Waals surface area (Å²) in [7, 11) is 4.08. The molecule has 0 spiro atoms. The molecule has 0 aliphatic carbocycles. The maximum atomic E-state index is 5.61. The molecule has 0 fully saturated rings. The quantitative estimate of drug-likeness (QED) is 0.663. The zero-order chi connectivity index (χ0) is 13.4. The molecule has 0 saturated heterocycles. The van der Waals surface area contributed by atoms with Gasteiger partial charge in [0.1, 0.15) is 12.4 Å². The van der Waals surface area contributed by atoms with Crippen LogP contribution in [-0.2, 0) is 4.74 Å². The second-order valence-electron chi connectivity index (χ2n) is 4.99. The molecule has 0 heterocycles. The van der Waals surface area contributed by atoms with Crippen LogP contribution in [0.15, 0.2) is 24.3 Å². The van der Waals surface area contributed by atoms with Gasteiger partial charge in [-0.05, 0) is 37.7 Å². The molecule has 0 unspecified atom stereocenters. The topological polar surface area (TPSA) is 21.7 Å². The standard InChI is InChI=1S/C15H25NO2/c1-13(2)14-5-7-15(8-6-14)18-12-11-17-10-9-16(3)4/h5-8,13H,9-12H2,1-4H3. The van der Waals surface area contributed by atoms with Crippen LogP contribution in [0.4, 0.5) is 0 Å². The van der Waals surface area contributed by atoms with Crippen molar-refractivity contribution in [1.82, 2.24) is 4.90 Å². The Balaban J connectivity index is 2.15. The van der Waals surface area contributed by atoms with Crippen molar-refractivity contribution in [3.8, 4) is 5.75 Å². The average molecular weight is 251 g/mol. The third kappa shape index (κ3) is 6.03. The summed E-state index contributed by atoms with van der Waals surface area (Å²) in [4.78, 5) is 2.10. The molecule has 0 radical (unpaired) electrons. The van der Waals surface area contributed by atoms with E-state index < -0.39 is 0 Å². The lowest BCUT2D eigenvalue weighted by atomic mass is 10.0. The molecule has 0 aliphatic rings. The van der Waals surface area contributed by atoms with Crippen LogP contribution >= 0.6 is 0 Å². The van der Waals surface area contributed by atoms with Gasteiger partial charge in [0.25, 0.3) is 0 Å². The molecule has 0 amide bonds. The minimum atomic E-state index is 0.563. The molecule has 1 rings (SSSR count). The van der Waals surface area contributed by atoms with Gasteiger partial charge in [-0.1, -0.05) is 26.0 Å². The maximum Gasteiger partial charge on any atom is 0.119 e. The van der Waals surface area contributed by atoms with Crippen LogP contribution in [0.3, 0.4) is 0 Å². The van der Waals surface area contributed by atoms with Crippen molar-refractivity contribution < 1.29 is 9.47 Å². The third-order valence-corrected chi connectivity index (χ3v) is 2.73. The predicted molar refractivity (Wildman–Crippen MR) is 75.4 cm³/mol. The third-order valence-electron chi connectivity index (χ3n) is 2.73. The van der Waals surface area contributed by atoms with Crippen molar-refractivity contribution in [3.05, 3.63) is 29.8 Å². The van der Waals surface area contributed by atoms with Gasteiger partial charge in [0.05, 0.1) is 13.2 Å². The van der Waals surface area contributed by atoms with Gasteiger partial charge < -0.3 is 14.4 Å². The van der Waals surface area contributed by atoms with Crippen molar-refractivity contribution in [2.24, 2.45) is 0 Å². The van der Waals surface area contributed by atoms with E-state index in [1.807, 2.05) is 26.2 Å². The van der Waals surface area contributed by atoms with E-state index in [9.17, 15) is 0 Å². The Morgan fingerprint density at radius 2 is 1.67 bits per heavy atom. The highest BCUT2D eigenvalue weighted by Gasteiger charge is 1.99. The van der Waals surface area contributed by atoms with E-state index in [1.165, 1.54) is 5.56 Å². The molecule has 0 bridgehead atoms. The number of hydrogen-bond donors (Lipinski definition) is 0. The highest BCUT2D eigenvalue weighted by Crippen LogP contribution is 2.18. The van der Waals surface area contributed by atoms with Crippen molar-refractivity contribution in [1.29, 1.82) is 0 Å². The van der Waals surface area contributed by atoms with Crippen LogP contribution in [0.2, 0.25) is 0 Å². The van der Waals surface area contributed by atoms with E-state index in [0.717, 1.165) is 18.9 Å². The molecular weight excluding hydrogens is 226 g/mol. The molecule has 3 nitrogen and oxygen atoms in total. The summed E-state index contributed by atoms with van der Waals surface area (Å²) in [6.45, 7) is 7.32. The van der Waals surface area contributed by atoms with Crippen molar-refractivity contribution in [3.63, 3.8) is 0 Å². The van der Waals surface area contributed by atoms with Crippen molar-refractivity contribution >= 4 is 0 Å². The average Bonchev–Trinajstić information content (AvgIpc) is 2.34. The zero-order valence-corrected chi connectivity index (χ0v) is 12.0. The van der Waals surface area contributed by atoms with Crippen LogP contribution < -0.4 is 4.74 Å². The smallest absolute Gasteiger partial charge is 0.119 e. The zero-order valence-electron chi connectivity index (χ0n) is 12.0. The number of nitrogens with zero attached hydrogens (tertiary/aromatic N) is 1. The minimum absolute atomic E-state index is 0.563. The summed E-state index contributed by atoms with van der Waals surface area (Å²) in [5.41, 5.74) is 1.34. The number of hydrogen-bond acceptors (Lipinski definition) is 3. The summed E-state index contributed by atoms with van der Waals surface area (Å²) in [6.07, 6.45) is 0. The van der Waals surface area contributed by atoms with Gasteiger partial charge in [0.2, 0.25) is 0 Å². The first-order valence-electron chi connectivity index (χ1n) is 6.55. The Hall–Kier alpha value is -1.06. The number of ether oxygens (including phenoxy) is 2. The minimum Gasteiger partial charge on any atom is -0.491 e. The molecule has 18 heavy (non-hydrogen) atoms. The lowest BCUT2D eigenvalue weighted by Crippen LogP contribution is -2.19. The summed E-state index contributed by atoms with van der Waals surface area (Å²) in [5, 5.41) is 0. The predicted octanol–water partition coefficient (Wildman–Crippen LogP) is 2.77. The largest absolute Gasteiger partial charge is 0.491 e. The second kappa shape index (κ2) is 8.11. The molecule has 1 aromatic rings. The van der Waals surface area contributed by atoms with Gasteiger partial charge in [-0.15, -0.1) is 0 Å². The first kappa shape index (κ1) is 15.0. The Morgan fingerprint density at radius 1 is 1.00 bits per heavy atom. The van der Waals surface area contributed by atoms with Crippen LogP contribution in [0, 0.1) is 0 Å². The van der Waals surface area contributed by atoms with Gasteiger partial charge in [-0.3, -0.25) is 0 Å². The van der Waals surface area contributed by atoms with Gasteiger partial charge in [-0.25, -0.2) is 0 Å². The molecule has 3 heteroatoms. The molecule has 0 N–H and O–H groups in total. The van der Waals surface area contributed by atoms with Crippen LogP contribution in [0.5, 0.6) is 5.75 Å². The highest BCUT2D eigenvalue weighted by molar-refractivity contribution is 5.28. The maximum absolute atomic E-state index is 5.61. The van der Waals surface area contributed by atoms with E-state index in [-0.39, 0.29) is 0 Å². The fraction of sp³-hybridized carbons (Fsp3) is 0.600. The second-order valence-corrected chi connectivity index (χ2v) is 4.99. The van der Waals surface area contributed by atoms with Crippen LogP contribution in [0.1, 0.15) is 25.3 Å². The van der Waals surface area contributed by atoms with Gasteiger partial charge in [0, 0.05) is 6.54 Å². The van der Waals surface area contributed by atoms with Crippen molar-refractivity contribution in [2.45, 2.75) is 19.8 Å². The fourth-order valence-electron chi connectivity index (χ4n) is 1.52. The van der Waals surface area contributed by atoms with E-state index in [1.54, 1.807) is 0 Å². The highest BCUT2D eigenvalue weighted by atomic mass is 16.5. The summed E-state index contributed by atoms with van der Waals surface area (Å²) >= 11 is 0. The molecule has 0 saturated carbocycles. The van der Waals surface area contributed by atoms with E-state index in [0.29, 0.717) is 19.1 Å². The molecule has 0 aliphatic heterocycles. The Kier molecular flexibility index (Phi) is 6.76. The Morgan fingerprint density at radius 3 is 2.22 bits per heavy atom. The molecular formula is C15H25NO2. The molecule has 102 valence electrons. The van der Waals surface area contributed by atoms with Crippen LogP contribution in [0.25, 0.3) is 0 Å². The monoisotopic (exact) mass is 251 g/mol. The van der Waals surface area contributed by atoms with Gasteiger partial charge in [0.15, 0.2) is 0 Å². The normalized spacial score (nSPS) is 11.2. The van der Waals surface area contributed by atoms with Gasteiger partial charge in [-0.2, -0.15) is 0 Å². The Bertz CT molecular complexity index is 320. The molecule has 0 aromatic heterocycles. The summed E-state index contributed by atoms with van der Waals surface area (Å²) in [6, 6.07) is 8.28. The SMILES string of the molecule is CC(C)c1ccc(OCCOCCN(C)C)cc1. The number of likely N-dealkylation sites (N-methyl/N-ethyl adjacent to an activating group) is 1. The van der Waals surface area contributed by atoms with E-state index >= 15 is 0 Å². The summed E-state index contributed by atoms with van der Waals surface area (Å²) in [5.74, 6) is 1.48. The fourth-order valence-corrected chi connectivity index (χ4v) is 1.52. The lowest BCUT2D eigenvalue weighted by Gasteiger charge is -2.11. The first-order chi connectivity index (χ1) is 8.59. The Labute approximate surface area is 111 Å². The molecule has 0 atom stereocenters. The summed E-state index contributed by atoms with van der Waals surface area (Å²) < 4.78 is 11.1. The number of rotatable bonds is 8. The van der Waals surface area contributed by atoms with Crippen molar-refractivity contribution in [2.75, 3.05) is 40.5 Å². The number of benzene rings is 1.